The summed E-state index contributed by atoms with van der Waals surface area (Å²) in [5.74, 6) is -2.64. The second-order valence-corrected chi connectivity index (χ2v) is 2.97. The van der Waals surface area contributed by atoms with Crippen molar-refractivity contribution >= 4 is 0 Å². The lowest BCUT2D eigenvalue weighted by molar-refractivity contribution is -0.0969. The lowest BCUT2D eigenvalue weighted by Gasteiger charge is -2.16. The van der Waals surface area contributed by atoms with Crippen LogP contribution in [0.25, 0.3) is 0 Å². The summed E-state index contributed by atoms with van der Waals surface area (Å²) in [4.78, 5) is 0. The molecular formula is C8H16F2O. The van der Waals surface area contributed by atoms with Crippen LogP contribution in [0.1, 0.15) is 33.6 Å². The molecule has 0 aliphatic carbocycles. The quantitative estimate of drug-likeness (QED) is 0.610. The van der Waals surface area contributed by atoms with E-state index >= 15 is 0 Å². The molecule has 0 aliphatic rings. The van der Waals surface area contributed by atoms with Gasteiger partial charge >= 0.3 is 0 Å². The molecule has 0 radical (unpaired) electrons. The Labute approximate surface area is 66.7 Å². The fraction of sp³-hybridized carbons (Fsp3) is 1.00. The molecule has 11 heavy (non-hydrogen) atoms. The average Bonchev–Trinajstić information content (AvgIpc) is 1.84. The van der Waals surface area contributed by atoms with Crippen LogP contribution in [0.5, 0.6) is 0 Å². The van der Waals surface area contributed by atoms with Crippen molar-refractivity contribution in [1.29, 1.82) is 0 Å². The molecule has 0 heterocycles. The molecule has 0 atom stereocenters. The SMILES string of the molecule is CCCC(F)(F)COC(C)C. The Kier molecular flexibility index (Phi) is 4.57. The van der Waals surface area contributed by atoms with Crippen LogP contribution < -0.4 is 0 Å². The van der Waals surface area contributed by atoms with Crippen molar-refractivity contribution in [2.24, 2.45) is 0 Å². The van der Waals surface area contributed by atoms with Crippen molar-refractivity contribution in [3.63, 3.8) is 0 Å². The molecule has 0 N–H and O–H groups in total. The molecule has 1 nitrogen and oxygen atoms in total. The van der Waals surface area contributed by atoms with Crippen molar-refractivity contribution < 1.29 is 13.5 Å². The van der Waals surface area contributed by atoms with Gasteiger partial charge in [-0.15, -0.1) is 0 Å². The minimum atomic E-state index is -2.64. The average molecular weight is 166 g/mol. The number of halogens is 2. The van der Waals surface area contributed by atoms with Gasteiger partial charge in [0.1, 0.15) is 6.61 Å². The fourth-order valence-corrected chi connectivity index (χ4v) is 0.727. The summed E-state index contributed by atoms with van der Waals surface area (Å²) >= 11 is 0. The monoisotopic (exact) mass is 166 g/mol. The standard InChI is InChI=1S/C8H16F2O/c1-4-5-8(9,10)6-11-7(2)3/h7H,4-6H2,1-3H3. The van der Waals surface area contributed by atoms with E-state index in [2.05, 4.69) is 0 Å². The molecule has 0 rings (SSSR count). The Morgan fingerprint density at radius 3 is 2.27 bits per heavy atom. The van der Waals surface area contributed by atoms with Crippen LogP contribution in [0.15, 0.2) is 0 Å². The highest BCUT2D eigenvalue weighted by Gasteiger charge is 2.27. The summed E-state index contributed by atoms with van der Waals surface area (Å²) in [6.07, 6.45) is 0.298. The second kappa shape index (κ2) is 4.65. The third-order valence-electron chi connectivity index (χ3n) is 1.24. The number of alkyl halides is 2. The first-order chi connectivity index (χ1) is 4.98. The van der Waals surface area contributed by atoms with E-state index in [4.69, 9.17) is 4.74 Å². The van der Waals surface area contributed by atoms with E-state index in [1.807, 2.05) is 0 Å². The van der Waals surface area contributed by atoms with E-state index in [-0.39, 0.29) is 12.5 Å². The lowest BCUT2D eigenvalue weighted by atomic mass is 10.2. The van der Waals surface area contributed by atoms with Crippen LogP contribution in [0, 0.1) is 0 Å². The van der Waals surface area contributed by atoms with E-state index in [1.54, 1.807) is 20.8 Å². The predicted molar refractivity (Wildman–Crippen MR) is 40.9 cm³/mol. The van der Waals surface area contributed by atoms with Crippen LogP contribution in [-0.4, -0.2) is 18.6 Å². The maximum atomic E-state index is 12.7. The van der Waals surface area contributed by atoms with Gasteiger partial charge in [-0.3, -0.25) is 0 Å². The molecular weight excluding hydrogens is 150 g/mol. The first-order valence-electron chi connectivity index (χ1n) is 3.97. The minimum absolute atomic E-state index is 0.0836. The van der Waals surface area contributed by atoms with Gasteiger partial charge in [0.2, 0.25) is 0 Å². The van der Waals surface area contributed by atoms with Crippen LogP contribution >= 0.6 is 0 Å². The number of hydrogen-bond donors (Lipinski definition) is 0. The summed E-state index contributed by atoms with van der Waals surface area (Å²) in [5, 5.41) is 0. The van der Waals surface area contributed by atoms with Gasteiger partial charge < -0.3 is 4.74 Å². The van der Waals surface area contributed by atoms with E-state index in [0.29, 0.717) is 6.42 Å². The van der Waals surface area contributed by atoms with Gasteiger partial charge in [0.05, 0.1) is 6.10 Å². The van der Waals surface area contributed by atoms with Gasteiger partial charge in [-0.25, -0.2) is 8.78 Å². The van der Waals surface area contributed by atoms with Crippen molar-refractivity contribution in [2.75, 3.05) is 6.61 Å². The maximum absolute atomic E-state index is 12.7. The first kappa shape index (κ1) is 10.8. The zero-order chi connectivity index (χ0) is 8.91. The van der Waals surface area contributed by atoms with E-state index < -0.39 is 12.5 Å². The highest BCUT2D eigenvalue weighted by atomic mass is 19.3. The number of rotatable bonds is 5. The Balaban J connectivity index is 3.54. The fourth-order valence-electron chi connectivity index (χ4n) is 0.727. The molecule has 0 amide bonds. The highest BCUT2D eigenvalue weighted by Crippen LogP contribution is 2.20. The van der Waals surface area contributed by atoms with Crippen molar-refractivity contribution in [3.8, 4) is 0 Å². The van der Waals surface area contributed by atoms with Gasteiger partial charge in [-0.05, 0) is 13.8 Å². The van der Waals surface area contributed by atoms with Gasteiger partial charge in [0.15, 0.2) is 0 Å². The summed E-state index contributed by atoms with van der Waals surface area (Å²) in [7, 11) is 0. The van der Waals surface area contributed by atoms with Crippen molar-refractivity contribution in [1.82, 2.24) is 0 Å². The van der Waals surface area contributed by atoms with E-state index in [1.165, 1.54) is 0 Å². The molecule has 0 saturated heterocycles. The van der Waals surface area contributed by atoms with Gasteiger partial charge in [-0.1, -0.05) is 13.3 Å². The Bertz CT molecular complexity index is 102. The van der Waals surface area contributed by atoms with Crippen LogP contribution in [-0.2, 0) is 4.74 Å². The number of hydrogen-bond acceptors (Lipinski definition) is 1. The second-order valence-electron chi connectivity index (χ2n) is 2.97. The first-order valence-corrected chi connectivity index (χ1v) is 3.97. The molecule has 0 aromatic heterocycles. The summed E-state index contributed by atoms with van der Waals surface area (Å²) < 4.78 is 30.1. The summed E-state index contributed by atoms with van der Waals surface area (Å²) in [6, 6.07) is 0. The Morgan fingerprint density at radius 2 is 1.91 bits per heavy atom. The molecule has 68 valence electrons. The zero-order valence-electron chi connectivity index (χ0n) is 7.36. The van der Waals surface area contributed by atoms with Gasteiger partial charge in [-0.2, -0.15) is 0 Å². The largest absolute Gasteiger partial charge is 0.373 e. The Morgan fingerprint density at radius 1 is 1.36 bits per heavy atom. The van der Waals surface area contributed by atoms with Crippen LogP contribution in [0.3, 0.4) is 0 Å². The van der Waals surface area contributed by atoms with Crippen molar-refractivity contribution in [3.05, 3.63) is 0 Å². The minimum Gasteiger partial charge on any atom is -0.373 e. The normalized spacial score (nSPS) is 12.5. The zero-order valence-corrected chi connectivity index (χ0v) is 7.36. The third-order valence-corrected chi connectivity index (χ3v) is 1.24. The van der Waals surface area contributed by atoms with Crippen molar-refractivity contribution in [2.45, 2.75) is 45.6 Å². The highest BCUT2D eigenvalue weighted by molar-refractivity contribution is 4.64. The molecule has 0 saturated carbocycles. The van der Waals surface area contributed by atoms with E-state index in [9.17, 15) is 8.78 Å². The molecule has 0 aliphatic heterocycles. The van der Waals surface area contributed by atoms with Crippen LogP contribution in [0.2, 0.25) is 0 Å². The topological polar surface area (TPSA) is 9.23 Å². The third kappa shape index (κ3) is 6.23. The molecule has 0 bridgehead atoms. The molecule has 0 unspecified atom stereocenters. The molecule has 0 aromatic rings. The van der Waals surface area contributed by atoms with Gasteiger partial charge in [0.25, 0.3) is 5.92 Å². The molecule has 0 spiro atoms. The molecule has 3 heteroatoms. The summed E-state index contributed by atoms with van der Waals surface area (Å²) in [5.41, 5.74) is 0. The van der Waals surface area contributed by atoms with Gasteiger partial charge in [0, 0.05) is 6.42 Å². The summed E-state index contributed by atoms with van der Waals surface area (Å²) in [6.45, 7) is 4.80. The predicted octanol–water partition coefficient (Wildman–Crippen LogP) is 2.85. The Hall–Kier alpha value is -0.180. The van der Waals surface area contributed by atoms with Crippen LogP contribution in [0.4, 0.5) is 8.78 Å². The molecule has 0 aromatic carbocycles. The molecule has 0 fully saturated rings. The maximum Gasteiger partial charge on any atom is 0.270 e. The smallest absolute Gasteiger partial charge is 0.270 e. The number of ether oxygens (including phenoxy) is 1. The van der Waals surface area contributed by atoms with E-state index in [0.717, 1.165) is 0 Å². The lowest BCUT2D eigenvalue weighted by Crippen LogP contribution is -2.25.